The molecule has 0 bridgehead atoms. The molecule has 0 amide bonds. The molecule has 0 saturated heterocycles. The number of para-hydroxylation sites is 2. The number of aromatic nitrogens is 4. The molecule has 4 aromatic carbocycles. The van der Waals surface area contributed by atoms with Gasteiger partial charge in [0.05, 0.1) is 11.0 Å². The standard InChI is InChI=1S/2C17H11IN2.2HI.Na/c2*18-15-6-5-13-11-19-17(10-14(13)9-15)20-8-7-12-3-1-2-4-16(12)20;;;/h2*1-11H;2*1H;/q;;;;+1/p-2/i18+4;;1+4;;. The number of halogens is 4. The Hall–Kier alpha value is -1.30. The zero-order valence-corrected chi connectivity index (χ0v) is 33.6. The van der Waals surface area contributed by atoms with Crippen molar-refractivity contribution in [1.82, 2.24) is 19.1 Å². The number of nitrogens with zero attached hydrogens (tertiary/aromatic N) is 4. The summed E-state index contributed by atoms with van der Waals surface area (Å²) in [5.74, 6) is 1.92. The van der Waals surface area contributed by atoms with Crippen LogP contribution in [0.5, 0.6) is 0 Å². The van der Waals surface area contributed by atoms with E-state index in [2.05, 4.69) is 186 Å². The predicted molar refractivity (Wildman–Crippen MR) is 183 cm³/mol. The molecule has 4 aromatic heterocycles. The van der Waals surface area contributed by atoms with Gasteiger partial charge in [-0.15, -0.1) is 0 Å². The molecule has 9 heteroatoms. The topological polar surface area (TPSA) is 35.6 Å². The molecule has 0 spiro atoms. The summed E-state index contributed by atoms with van der Waals surface area (Å²) in [7, 11) is 0. The van der Waals surface area contributed by atoms with Crippen LogP contribution in [0, 0.1) is 7.14 Å². The molecule has 4 nitrogen and oxygen atoms in total. The molecule has 8 rings (SSSR count). The van der Waals surface area contributed by atoms with Gasteiger partial charge >= 0.3 is 29.6 Å². The average molecular weight is 1030 g/mol. The second kappa shape index (κ2) is 15.3. The van der Waals surface area contributed by atoms with Crippen LogP contribution in [0.1, 0.15) is 0 Å². The van der Waals surface area contributed by atoms with E-state index in [1.807, 2.05) is 12.4 Å². The molecule has 0 radical (unpaired) electrons. The maximum Gasteiger partial charge on any atom is 1.00 e. The maximum absolute atomic E-state index is 4.59. The predicted octanol–water partition coefficient (Wildman–Crippen LogP) is 0.579. The van der Waals surface area contributed by atoms with Gasteiger partial charge in [0.15, 0.2) is 0 Å². The van der Waals surface area contributed by atoms with Crippen LogP contribution in [0.25, 0.3) is 55.0 Å². The van der Waals surface area contributed by atoms with Crippen molar-refractivity contribution in [3.05, 3.63) is 141 Å². The van der Waals surface area contributed by atoms with Gasteiger partial charge < -0.3 is 57.1 Å². The molecule has 0 aliphatic rings. The first kappa shape index (κ1) is 34.6. The first-order valence-corrected chi connectivity index (χ1v) is 15.0. The summed E-state index contributed by atoms with van der Waals surface area (Å²) in [5, 5.41) is 7.25. The fourth-order valence-electron chi connectivity index (χ4n) is 5.03. The van der Waals surface area contributed by atoms with Crippen molar-refractivity contribution < 1.29 is 77.5 Å². The molecule has 0 aliphatic heterocycles. The second-order valence-electron chi connectivity index (χ2n) is 9.56. The van der Waals surface area contributed by atoms with E-state index in [0.717, 1.165) is 11.6 Å². The van der Waals surface area contributed by atoms with Crippen LogP contribution in [-0.2, 0) is 0 Å². The van der Waals surface area contributed by atoms with Gasteiger partial charge in [-0.05, 0) is 127 Å². The third kappa shape index (κ3) is 7.41. The Labute approximate surface area is 333 Å². The largest absolute Gasteiger partial charge is 1.00 e. The van der Waals surface area contributed by atoms with Crippen molar-refractivity contribution in [2.75, 3.05) is 0 Å². The van der Waals surface area contributed by atoms with E-state index in [4.69, 9.17) is 0 Å². The zero-order valence-electron chi connectivity index (χ0n) is 23.0. The monoisotopic (exact) mass is 1020 g/mol. The Morgan fingerprint density at radius 3 is 1.58 bits per heavy atom. The summed E-state index contributed by atoms with van der Waals surface area (Å²) in [5.41, 5.74) is 2.37. The molecular weight excluding hydrogens is 1000 g/mol. The summed E-state index contributed by atoms with van der Waals surface area (Å²) in [6.07, 6.45) is 8.03. The first-order valence-electron chi connectivity index (χ1n) is 12.9. The number of hydrogen-bond acceptors (Lipinski definition) is 2. The molecule has 0 atom stereocenters. The fourth-order valence-corrected chi connectivity index (χ4v) is 6.06. The van der Waals surface area contributed by atoms with Crippen molar-refractivity contribution in [1.29, 1.82) is 0 Å². The van der Waals surface area contributed by atoms with Crippen LogP contribution >= 0.6 is 45.2 Å². The van der Waals surface area contributed by atoms with E-state index >= 15 is 0 Å². The van der Waals surface area contributed by atoms with Crippen molar-refractivity contribution in [2.24, 2.45) is 0 Å². The normalized spacial score (nSPS) is 10.5. The van der Waals surface area contributed by atoms with Crippen molar-refractivity contribution >= 4 is 88.5 Å². The summed E-state index contributed by atoms with van der Waals surface area (Å²) in [4.78, 5) is 9.18. The van der Waals surface area contributed by atoms with Crippen LogP contribution < -0.4 is 77.5 Å². The van der Waals surface area contributed by atoms with E-state index in [9.17, 15) is 0 Å². The Bertz CT molecular complexity index is 2020. The number of fused-ring (bicyclic) bond motifs is 4. The van der Waals surface area contributed by atoms with Gasteiger partial charge in [0.1, 0.15) is 11.6 Å². The van der Waals surface area contributed by atoms with Crippen LogP contribution in [0.3, 0.4) is 0 Å². The zero-order chi connectivity index (χ0) is 27.1. The van der Waals surface area contributed by atoms with E-state index < -0.39 is 0 Å². The van der Waals surface area contributed by atoms with Crippen molar-refractivity contribution in [2.45, 2.75) is 0 Å². The van der Waals surface area contributed by atoms with Crippen molar-refractivity contribution in [3.8, 4) is 11.6 Å². The Morgan fingerprint density at radius 2 is 1.02 bits per heavy atom. The van der Waals surface area contributed by atoms with Gasteiger partial charge in [-0.3, -0.25) is 0 Å². The molecule has 0 N–H and O–H groups in total. The molecule has 0 unspecified atom stereocenters. The van der Waals surface area contributed by atoms with E-state index in [1.54, 1.807) is 0 Å². The van der Waals surface area contributed by atoms with E-state index in [0.29, 0.717) is 0 Å². The van der Waals surface area contributed by atoms with Gasteiger partial charge in [-0.25, -0.2) is 9.97 Å². The second-order valence-corrected chi connectivity index (χ2v) is 12.0. The molecule has 8 aromatic rings. The SMILES string of the molecule is Ic1ccc2cnc(-n3ccc4ccccc43)cc2c1.[131I-].[131I]c1ccc2cnc(-n3ccc4ccccc43)cc2c1.[I-].[Na+]. The Morgan fingerprint density at radius 1 is 0.535 bits per heavy atom. The number of hydrogen-bond donors (Lipinski definition) is 0. The smallest absolute Gasteiger partial charge is 1.00 e. The molecule has 0 saturated carbocycles. The Balaban J connectivity index is 0.000000184. The van der Waals surface area contributed by atoms with E-state index in [-0.39, 0.29) is 77.5 Å². The van der Waals surface area contributed by atoms with Gasteiger partial charge in [0, 0.05) is 42.7 Å². The Kier molecular flexibility index (Phi) is 12.3. The maximum atomic E-state index is 4.59. The summed E-state index contributed by atoms with van der Waals surface area (Å²) < 4.78 is 6.75. The van der Waals surface area contributed by atoms with Gasteiger partial charge in [-0.2, -0.15) is 0 Å². The van der Waals surface area contributed by atoms with Crippen LogP contribution in [0.2, 0.25) is 0 Å². The molecule has 0 aliphatic carbocycles. The third-order valence-corrected chi connectivity index (χ3v) is 8.37. The molecular formula is C34H22I4N4Na-. The van der Waals surface area contributed by atoms with Crippen LogP contribution in [-0.4, -0.2) is 19.1 Å². The summed E-state index contributed by atoms with van der Waals surface area (Å²) in [6, 6.07) is 38.1. The van der Waals surface area contributed by atoms with Gasteiger partial charge in [0.2, 0.25) is 0 Å². The molecule has 0 fully saturated rings. The van der Waals surface area contributed by atoms with Gasteiger partial charge in [0.25, 0.3) is 0 Å². The number of pyridine rings is 2. The van der Waals surface area contributed by atoms with E-state index in [1.165, 1.54) is 50.5 Å². The fraction of sp³-hybridized carbons (Fsp3) is 0. The number of rotatable bonds is 2. The average Bonchev–Trinajstić information content (AvgIpc) is 3.62. The van der Waals surface area contributed by atoms with Crippen LogP contribution in [0.4, 0.5) is 0 Å². The summed E-state index contributed by atoms with van der Waals surface area (Å²) >= 11 is 4.68. The van der Waals surface area contributed by atoms with Gasteiger partial charge in [-0.1, -0.05) is 48.5 Å². The quantitative estimate of drug-likeness (QED) is 0.188. The van der Waals surface area contributed by atoms with Crippen molar-refractivity contribution in [3.63, 3.8) is 0 Å². The first-order chi connectivity index (χ1) is 19.6. The minimum Gasteiger partial charge on any atom is -1.00 e. The molecule has 208 valence electrons. The minimum absolute atomic E-state index is 0. The van der Waals surface area contributed by atoms with Crippen LogP contribution in [0.15, 0.2) is 134 Å². The molecule has 43 heavy (non-hydrogen) atoms. The summed E-state index contributed by atoms with van der Waals surface area (Å²) in [6.45, 7) is 0. The molecule has 4 heterocycles. The number of benzene rings is 4. The third-order valence-electron chi connectivity index (χ3n) is 7.03. The minimum atomic E-state index is 0.